The molecule has 0 fully saturated rings. The van der Waals surface area contributed by atoms with Gasteiger partial charge in [0, 0.05) is 24.9 Å². The highest BCUT2D eigenvalue weighted by atomic mass is 16.5. The Hall–Kier alpha value is -1.62. The summed E-state index contributed by atoms with van der Waals surface area (Å²) in [6.45, 7) is 7.65. The van der Waals surface area contributed by atoms with Crippen LogP contribution >= 0.6 is 0 Å². The van der Waals surface area contributed by atoms with E-state index in [1.165, 1.54) is 5.69 Å². The molecule has 0 aliphatic heterocycles. The van der Waals surface area contributed by atoms with Crippen LogP contribution in [0.25, 0.3) is 0 Å². The summed E-state index contributed by atoms with van der Waals surface area (Å²) in [4.78, 5) is 4.21. The van der Waals surface area contributed by atoms with Crippen LogP contribution in [0.4, 0.5) is 0 Å². The first-order chi connectivity index (χ1) is 8.20. The van der Waals surface area contributed by atoms with Crippen LogP contribution in [0.2, 0.25) is 0 Å². The highest BCUT2D eigenvalue weighted by Gasteiger charge is 2.11. The van der Waals surface area contributed by atoms with E-state index in [2.05, 4.69) is 39.9 Å². The van der Waals surface area contributed by atoms with Gasteiger partial charge in [-0.3, -0.25) is 0 Å². The molecule has 5 nitrogen and oxygen atoms in total. The average molecular weight is 234 g/mol. The summed E-state index contributed by atoms with van der Waals surface area (Å²) in [6.07, 6.45) is 2.04. The van der Waals surface area contributed by atoms with Crippen molar-refractivity contribution < 1.29 is 4.52 Å². The van der Waals surface area contributed by atoms with Gasteiger partial charge in [-0.25, -0.2) is 0 Å². The molecule has 0 aromatic carbocycles. The van der Waals surface area contributed by atoms with Gasteiger partial charge in [0.2, 0.25) is 5.89 Å². The average Bonchev–Trinajstić information content (AvgIpc) is 2.89. The zero-order valence-electron chi connectivity index (χ0n) is 10.5. The van der Waals surface area contributed by atoms with Gasteiger partial charge in [-0.05, 0) is 25.6 Å². The number of hydrogen-bond acceptors (Lipinski definition) is 4. The monoisotopic (exact) mass is 234 g/mol. The maximum absolute atomic E-state index is 4.97. The van der Waals surface area contributed by atoms with E-state index < -0.39 is 0 Å². The van der Waals surface area contributed by atoms with Crippen molar-refractivity contribution in [2.24, 2.45) is 0 Å². The molecular weight excluding hydrogens is 216 g/mol. The molecule has 5 heteroatoms. The van der Waals surface area contributed by atoms with Gasteiger partial charge in [0.25, 0.3) is 0 Å². The fraction of sp³-hybridized carbons (Fsp3) is 0.500. The van der Waals surface area contributed by atoms with E-state index in [-0.39, 0.29) is 0 Å². The van der Waals surface area contributed by atoms with Gasteiger partial charge in [-0.1, -0.05) is 12.1 Å². The molecule has 2 aromatic heterocycles. The Kier molecular flexibility index (Phi) is 3.58. The molecule has 2 rings (SSSR count). The molecule has 0 bridgehead atoms. The van der Waals surface area contributed by atoms with Gasteiger partial charge in [-0.2, -0.15) is 4.98 Å². The second-order valence-electron chi connectivity index (χ2n) is 4.07. The van der Waals surface area contributed by atoms with E-state index in [4.69, 9.17) is 4.52 Å². The van der Waals surface area contributed by atoms with Crippen LogP contribution in [0, 0.1) is 6.92 Å². The predicted octanol–water partition coefficient (Wildman–Crippen LogP) is 1.90. The van der Waals surface area contributed by atoms with Crippen LogP contribution in [0.1, 0.15) is 37.3 Å². The van der Waals surface area contributed by atoms with Crippen molar-refractivity contribution in [3.8, 4) is 0 Å². The van der Waals surface area contributed by atoms with Gasteiger partial charge < -0.3 is 14.4 Å². The summed E-state index contributed by atoms with van der Waals surface area (Å²) in [7, 11) is 0. The molecule has 1 N–H and O–H groups in total. The number of rotatable bonds is 5. The maximum Gasteiger partial charge on any atom is 0.223 e. The number of nitrogens with zero attached hydrogens (tertiary/aromatic N) is 3. The smallest absolute Gasteiger partial charge is 0.223 e. The quantitative estimate of drug-likeness (QED) is 0.858. The lowest BCUT2D eigenvalue weighted by atomic mass is 10.2. The fourth-order valence-corrected chi connectivity index (χ4v) is 1.93. The van der Waals surface area contributed by atoms with Crippen molar-refractivity contribution in [2.45, 2.75) is 33.4 Å². The van der Waals surface area contributed by atoms with Crippen molar-refractivity contribution in [1.29, 1.82) is 0 Å². The largest absolute Gasteiger partial charge is 0.342 e. The van der Waals surface area contributed by atoms with Crippen LogP contribution in [-0.2, 0) is 6.54 Å². The first-order valence-corrected chi connectivity index (χ1v) is 5.88. The number of aromatic nitrogens is 3. The van der Waals surface area contributed by atoms with E-state index in [9.17, 15) is 0 Å². The Balaban J connectivity index is 2.13. The maximum atomic E-state index is 4.97. The van der Waals surface area contributed by atoms with Crippen molar-refractivity contribution in [1.82, 2.24) is 20.0 Å². The van der Waals surface area contributed by atoms with E-state index in [1.54, 1.807) is 6.92 Å². The second kappa shape index (κ2) is 5.14. The number of nitrogens with one attached hydrogen (secondary N) is 1. The normalized spacial score (nSPS) is 12.9. The van der Waals surface area contributed by atoms with Gasteiger partial charge in [0.1, 0.15) is 0 Å². The molecule has 0 aliphatic rings. The number of hydrogen-bond donors (Lipinski definition) is 1. The van der Waals surface area contributed by atoms with E-state index >= 15 is 0 Å². The molecule has 2 heterocycles. The third-order valence-corrected chi connectivity index (χ3v) is 2.70. The Morgan fingerprint density at radius 1 is 1.53 bits per heavy atom. The third kappa shape index (κ3) is 2.74. The van der Waals surface area contributed by atoms with Crippen molar-refractivity contribution in [3.63, 3.8) is 0 Å². The Morgan fingerprint density at radius 2 is 2.35 bits per heavy atom. The molecule has 0 saturated heterocycles. The van der Waals surface area contributed by atoms with Crippen LogP contribution in [-0.4, -0.2) is 21.3 Å². The summed E-state index contributed by atoms with van der Waals surface area (Å²) in [5.74, 6) is 1.32. The number of aryl methyl sites for hydroxylation is 1. The first-order valence-electron chi connectivity index (χ1n) is 5.88. The minimum absolute atomic E-state index is 0.322. The van der Waals surface area contributed by atoms with E-state index in [1.807, 2.05) is 12.3 Å². The summed E-state index contributed by atoms with van der Waals surface area (Å²) < 4.78 is 7.11. The predicted molar refractivity (Wildman–Crippen MR) is 64.7 cm³/mol. The van der Waals surface area contributed by atoms with Crippen molar-refractivity contribution in [2.75, 3.05) is 6.54 Å². The summed E-state index contributed by atoms with van der Waals surface area (Å²) in [5.41, 5.74) is 1.23. The SMILES string of the molecule is CCNC(C)c1cccn1Cc1noc(C)n1. The Bertz CT molecular complexity index is 474. The lowest BCUT2D eigenvalue weighted by Crippen LogP contribution is -2.21. The third-order valence-electron chi connectivity index (χ3n) is 2.70. The molecule has 17 heavy (non-hydrogen) atoms. The Morgan fingerprint density at radius 3 is 3.00 bits per heavy atom. The first kappa shape index (κ1) is 11.9. The van der Waals surface area contributed by atoms with Gasteiger partial charge in [0.15, 0.2) is 5.82 Å². The zero-order valence-corrected chi connectivity index (χ0v) is 10.5. The van der Waals surface area contributed by atoms with Crippen LogP contribution in [0.15, 0.2) is 22.9 Å². The summed E-state index contributed by atoms with van der Waals surface area (Å²) >= 11 is 0. The van der Waals surface area contributed by atoms with Crippen LogP contribution in [0.5, 0.6) is 0 Å². The molecular formula is C12H18N4O. The zero-order chi connectivity index (χ0) is 12.3. The molecule has 1 atom stereocenters. The summed E-state index contributed by atoms with van der Waals surface area (Å²) in [5, 5.41) is 7.30. The topological polar surface area (TPSA) is 55.9 Å². The van der Waals surface area contributed by atoms with Crippen LogP contribution in [0.3, 0.4) is 0 Å². The molecule has 0 amide bonds. The Labute approximate surface area is 101 Å². The van der Waals surface area contributed by atoms with E-state index in [0.717, 1.165) is 6.54 Å². The van der Waals surface area contributed by atoms with E-state index in [0.29, 0.717) is 24.3 Å². The van der Waals surface area contributed by atoms with Gasteiger partial charge >= 0.3 is 0 Å². The molecule has 0 spiro atoms. The van der Waals surface area contributed by atoms with Crippen molar-refractivity contribution in [3.05, 3.63) is 35.7 Å². The lowest BCUT2D eigenvalue weighted by molar-refractivity contribution is 0.385. The van der Waals surface area contributed by atoms with Gasteiger partial charge in [-0.15, -0.1) is 0 Å². The van der Waals surface area contributed by atoms with Crippen LogP contribution < -0.4 is 5.32 Å². The minimum atomic E-state index is 0.322. The van der Waals surface area contributed by atoms with Gasteiger partial charge in [0.05, 0.1) is 6.54 Å². The standard InChI is InChI=1S/C12H18N4O/c1-4-13-9(2)11-6-5-7-16(11)8-12-14-10(3)17-15-12/h5-7,9,13H,4,8H2,1-3H3. The minimum Gasteiger partial charge on any atom is -0.342 e. The molecule has 0 radical (unpaired) electrons. The lowest BCUT2D eigenvalue weighted by Gasteiger charge is -2.15. The molecule has 1 unspecified atom stereocenters. The molecule has 0 saturated carbocycles. The summed E-state index contributed by atoms with van der Waals surface area (Å²) in [6, 6.07) is 4.47. The molecule has 2 aromatic rings. The fourth-order valence-electron chi connectivity index (χ4n) is 1.93. The second-order valence-corrected chi connectivity index (χ2v) is 4.07. The van der Waals surface area contributed by atoms with Crippen molar-refractivity contribution >= 4 is 0 Å². The highest BCUT2D eigenvalue weighted by Crippen LogP contribution is 2.14. The molecule has 0 aliphatic carbocycles. The molecule has 92 valence electrons. The highest BCUT2D eigenvalue weighted by molar-refractivity contribution is 5.12.